The Hall–Kier alpha value is -3.09. The highest BCUT2D eigenvalue weighted by molar-refractivity contribution is 5.86. The van der Waals surface area contributed by atoms with Gasteiger partial charge in [0.2, 0.25) is 0 Å². The second-order valence-corrected chi connectivity index (χ2v) is 5.37. The van der Waals surface area contributed by atoms with E-state index in [4.69, 9.17) is 0 Å². The lowest BCUT2D eigenvalue weighted by atomic mass is 9.91. The molecule has 0 saturated heterocycles. The molecule has 0 aromatic heterocycles. The number of esters is 1. The van der Waals surface area contributed by atoms with Crippen LogP contribution in [0.2, 0.25) is 0 Å². The molecule has 28 heavy (non-hydrogen) atoms. The van der Waals surface area contributed by atoms with E-state index in [1.54, 1.807) is 12.1 Å². The van der Waals surface area contributed by atoms with E-state index in [2.05, 4.69) is 23.0 Å². The summed E-state index contributed by atoms with van der Waals surface area (Å²) in [5, 5.41) is 10.1. The third kappa shape index (κ3) is 5.00. The Morgan fingerprint density at radius 3 is 2.29 bits per heavy atom. The number of phenolic OH excluding ortho intramolecular Hbond substituents is 1. The molecule has 0 heterocycles. The van der Waals surface area contributed by atoms with Crippen molar-refractivity contribution in [3.63, 3.8) is 0 Å². The van der Waals surface area contributed by atoms with Gasteiger partial charge in [-0.2, -0.15) is 13.2 Å². The quantitative estimate of drug-likeness (QED) is 0.516. The van der Waals surface area contributed by atoms with Crippen LogP contribution in [0.5, 0.6) is 5.75 Å². The molecule has 0 spiro atoms. The second kappa shape index (κ2) is 9.73. The number of benzene rings is 2. The van der Waals surface area contributed by atoms with Crippen LogP contribution in [0.25, 0.3) is 17.2 Å². The molecule has 0 unspecified atom stereocenters. The molecule has 0 atom stereocenters. The fourth-order valence-corrected chi connectivity index (χ4v) is 2.61. The molecule has 2 aromatic carbocycles. The average Bonchev–Trinajstić information content (AvgIpc) is 2.68. The van der Waals surface area contributed by atoms with E-state index in [0.29, 0.717) is 28.4 Å². The number of nitrogens with zero attached hydrogens (tertiary/aromatic N) is 1. The van der Waals surface area contributed by atoms with Gasteiger partial charge in [-0.3, -0.25) is 9.79 Å². The molecule has 0 aliphatic rings. The van der Waals surface area contributed by atoms with Gasteiger partial charge in [-0.05, 0) is 36.0 Å². The van der Waals surface area contributed by atoms with E-state index in [0.717, 1.165) is 12.1 Å². The summed E-state index contributed by atoms with van der Waals surface area (Å²) in [6.45, 7) is 11.1. The zero-order valence-corrected chi connectivity index (χ0v) is 15.9. The van der Waals surface area contributed by atoms with Crippen LogP contribution in [0.3, 0.4) is 0 Å². The molecular weight excluding hydrogens is 371 g/mol. The summed E-state index contributed by atoms with van der Waals surface area (Å²) in [7, 11) is 1.22. The van der Waals surface area contributed by atoms with Crippen molar-refractivity contribution in [3.05, 3.63) is 53.6 Å². The van der Waals surface area contributed by atoms with Crippen LogP contribution in [-0.4, -0.2) is 24.9 Å². The largest absolute Gasteiger partial charge is 0.507 e. The lowest BCUT2D eigenvalue weighted by Crippen LogP contribution is -2.08. The number of aromatic hydroxyl groups is 1. The molecule has 0 radical (unpaired) electrons. The molecule has 0 bridgehead atoms. The minimum Gasteiger partial charge on any atom is -0.507 e. The predicted molar refractivity (Wildman–Crippen MR) is 105 cm³/mol. The Kier molecular flexibility index (Phi) is 7.98. The Morgan fingerprint density at radius 2 is 1.82 bits per heavy atom. The van der Waals surface area contributed by atoms with E-state index in [1.807, 2.05) is 13.8 Å². The molecule has 0 fully saturated rings. The molecule has 1 N–H and O–H groups in total. The fraction of sp³-hybridized carbons (Fsp3) is 0.238. The fourth-order valence-electron chi connectivity index (χ4n) is 2.61. The normalized spacial score (nSPS) is 10.5. The minimum atomic E-state index is -4.58. The first-order valence-electron chi connectivity index (χ1n) is 8.45. The van der Waals surface area contributed by atoms with Crippen LogP contribution in [0.1, 0.15) is 30.5 Å². The van der Waals surface area contributed by atoms with Crippen LogP contribution in [-0.2, 0) is 22.1 Å². The second-order valence-electron chi connectivity index (χ2n) is 5.37. The number of ether oxygens (including phenoxy) is 1. The summed E-state index contributed by atoms with van der Waals surface area (Å²) in [5.41, 5.74) is 0.921. The van der Waals surface area contributed by atoms with Gasteiger partial charge in [-0.1, -0.05) is 38.6 Å². The highest BCUT2D eigenvalue weighted by Gasteiger charge is 2.31. The van der Waals surface area contributed by atoms with Crippen LogP contribution in [0.15, 0.2) is 41.9 Å². The Balaban J connectivity index is 0.00000190. The Labute approximate surface area is 162 Å². The first-order chi connectivity index (χ1) is 13.2. The van der Waals surface area contributed by atoms with Gasteiger partial charge in [-0.15, -0.1) is 0 Å². The maximum atomic E-state index is 12.8. The molecular formula is C21H22F3NO3. The van der Waals surface area contributed by atoms with Crippen molar-refractivity contribution in [2.75, 3.05) is 7.11 Å². The molecule has 0 aliphatic carbocycles. The van der Waals surface area contributed by atoms with Gasteiger partial charge in [0.25, 0.3) is 0 Å². The lowest BCUT2D eigenvalue weighted by Gasteiger charge is -2.16. The summed E-state index contributed by atoms with van der Waals surface area (Å²) in [4.78, 5) is 15.6. The number of carbonyl (C=O) groups excluding carboxylic acids is 1. The Bertz CT molecular complexity index is 874. The predicted octanol–water partition coefficient (Wildman–Crippen LogP) is 5.79. The number of hydrogen-bond acceptors (Lipinski definition) is 4. The van der Waals surface area contributed by atoms with Crippen molar-refractivity contribution in [1.29, 1.82) is 0 Å². The zero-order chi connectivity index (χ0) is 21.5. The number of rotatable bonds is 5. The molecule has 4 nitrogen and oxygen atoms in total. The number of methoxy groups -OCH3 is 1. The topological polar surface area (TPSA) is 58.9 Å². The SMILES string of the molecule is C=Cc1c(N=C)ccc(-c2ccc(C(F)(F)F)cc2O)c1CC(=O)OC.CC. The van der Waals surface area contributed by atoms with Crippen LogP contribution in [0, 0.1) is 0 Å². The number of carbonyl (C=O) groups is 1. The molecule has 150 valence electrons. The lowest BCUT2D eigenvalue weighted by molar-refractivity contribution is -0.140. The highest BCUT2D eigenvalue weighted by atomic mass is 19.4. The first kappa shape index (κ1) is 23.0. The highest BCUT2D eigenvalue weighted by Crippen LogP contribution is 2.40. The summed E-state index contributed by atoms with van der Waals surface area (Å²) in [5.74, 6) is -1.11. The van der Waals surface area contributed by atoms with Gasteiger partial charge < -0.3 is 9.84 Å². The third-order valence-electron chi connectivity index (χ3n) is 3.87. The van der Waals surface area contributed by atoms with E-state index in [9.17, 15) is 23.1 Å². The van der Waals surface area contributed by atoms with E-state index in [1.165, 1.54) is 13.2 Å². The monoisotopic (exact) mass is 393 g/mol. The van der Waals surface area contributed by atoms with Crippen molar-refractivity contribution in [2.24, 2.45) is 4.99 Å². The van der Waals surface area contributed by atoms with Crippen LogP contribution >= 0.6 is 0 Å². The smallest absolute Gasteiger partial charge is 0.416 e. The number of alkyl halides is 3. The van der Waals surface area contributed by atoms with Crippen molar-refractivity contribution >= 4 is 24.5 Å². The van der Waals surface area contributed by atoms with Crippen molar-refractivity contribution in [2.45, 2.75) is 26.4 Å². The third-order valence-corrected chi connectivity index (χ3v) is 3.87. The molecule has 0 amide bonds. The zero-order valence-electron chi connectivity index (χ0n) is 15.9. The summed E-state index contributed by atoms with van der Waals surface area (Å²) in [6, 6.07) is 5.80. The molecule has 0 saturated carbocycles. The Morgan fingerprint density at radius 1 is 1.21 bits per heavy atom. The van der Waals surface area contributed by atoms with E-state index >= 15 is 0 Å². The minimum absolute atomic E-state index is 0.149. The molecule has 0 aliphatic heterocycles. The maximum Gasteiger partial charge on any atom is 0.416 e. The average molecular weight is 393 g/mol. The van der Waals surface area contributed by atoms with Gasteiger partial charge in [0.15, 0.2) is 0 Å². The summed E-state index contributed by atoms with van der Waals surface area (Å²) >= 11 is 0. The van der Waals surface area contributed by atoms with Crippen molar-refractivity contribution in [3.8, 4) is 16.9 Å². The molecule has 7 heteroatoms. The summed E-state index contributed by atoms with van der Waals surface area (Å²) in [6.07, 6.45) is -3.28. The van der Waals surface area contributed by atoms with Gasteiger partial charge in [0, 0.05) is 11.1 Å². The van der Waals surface area contributed by atoms with Crippen molar-refractivity contribution < 1.29 is 27.8 Å². The summed E-state index contributed by atoms with van der Waals surface area (Å²) < 4.78 is 43.1. The number of phenols is 1. The standard InChI is InChI=1S/C19H16F3NO3.C2H6/c1-4-12-15(10-18(25)26-3)13(7-8-16(12)23-2)14-6-5-11(9-17(14)24)19(20,21)22;1-2/h4-9,24H,1-2,10H2,3H3;1-2H3. The van der Waals surface area contributed by atoms with Crippen LogP contribution < -0.4 is 0 Å². The van der Waals surface area contributed by atoms with E-state index in [-0.39, 0.29) is 12.0 Å². The first-order valence-corrected chi connectivity index (χ1v) is 8.45. The number of aliphatic imine (C=N–C) groups is 1. The van der Waals surface area contributed by atoms with Gasteiger partial charge in [-0.25, -0.2) is 0 Å². The molecule has 2 aromatic rings. The maximum absolute atomic E-state index is 12.8. The van der Waals surface area contributed by atoms with Gasteiger partial charge >= 0.3 is 12.1 Å². The number of hydrogen-bond donors (Lipinski definition) is 1. The number of halogens is 3. The van der Waals surface area contributed by atoms with Gasteiger partial charge in [0.05, 0.1) is 24.8 Å². The molecule has 2 rings (SSSR count). The van der Waals surface area contributed by atoms with Crippen molar-refractivity contribution in [1.82, 2.24) is 0 Å². The van der Waals surface area contributed by atoms with E-state index < -0.39 is 23.5 Å². The van der Waals surface area contributed by atoms with Crippen LogP contribution in [0.4, 0.5) is 18.9 Å². The van der Waals surface area contributed by atoms with Gasteiger partial charge in [0.1, 0.15) is 5.75 Å².